The van der Waals surface area contributed by atoms with Crippen molar-refractivity contribution < 1.29 is 14.7 Å². The molecule has 0 saturated carbocycles. The second-order valence-electron chi connectivity index (χ2n) is 5.30. The summed E-state index contributed by atoms with van der Waals surface area (Å²) in [5.41, 5.74) is 0.552. The van der Waals surface area contributed by atoms with Crippen LogP contribution in [0.25, 0.3) is 0 Å². The van der Waals surface area contributed by atoms with Crippen molar-refractivity contribution >= 4 is 23.5 Å². The SMILES string of the molecule is Cc1cc(Cl)ccc1C(=O)N1CCC(C)(C(=O)O)C1. The van der Waals surface area contributed by atoms with Gasteiger partial charge in [0.1, 0.15) is 0 Å². The highest BCUT2D eigenvalue weighted by molar-refractivity contribution is 6.30. The smallest absolute Gasteiger partial charge is 0.311 e. The molecule has 0 radical (unpaired) electrons. The number of carboxylic acid groups (broad SMARTS) is 1. The van der Waals surface area contributed by atoms with Crippen molar-refractivity contribution in [2.24, 2.45) is 5.41 Å². The molecule has 1 N–H and O–H groups in total. The highest BCUT2D eigenvalue weighted by atomic mass is 35.5. The Morgan fingerprint density at radius 3 is 2.63 bits per heavy atom. The quantitative estimate of drug-likeness (QED) is 0.906. The molecule has 1 amide bonds. The first kappa shape index (κ1) is 13.9. The molecule has 1 fully saturated rings. The van der Waals surface area contributed by atoms with Crippen molar-refractivity contribution in [3.8, 4) is 0 Å². The summed E-state index contributed by atoms with van der Waals surface area (Å²) in [5.74, 6) is -0.977. The third-order valence-corrected chi connectivity index (χ3v) is 3.93. The predicted octanol–water partition coefficient (Wildman–Crippen LogP) is 2.59. The Bertz CT molecular complexity index is 543. The molecule has 4 nitrogen and oxygen atoms in total. The minimum atomic E-state index is -0.851. The number of likely N-dealkylation sites (tertiary alicyclic amines) is 1. The summed E-state index contributed by atoms with van der Waals surface area (Å²) in [6.07, 6.45) is 0.487. The van der Waals surface area contributed by atoms with E-state index in [-0.39, 0.29) is 12.5 Å². The first-order chi connectivity index (χ1) is 8.83. The van der Waals surface area contributed by atoms with Gasteiger partial charge in [-0.3, -0.25) is 9.59 Å². The van der Waals surface area contributed by atoms with Gasteiger partial charge in [0.25, 0.3) is 5.91 Å². The Labute approximate surface area is 117 Å². The number of aliphatic carboxylic acids is 1. The molecule has 1 unspecified atom stereocenters. The molecule has 1 saturated heterocycles. The van der Waals surface area contributed by atoms with Crippen LogP contribution < -0.4 is 0 Å². The summed E-state index contributed by atoms with van der Waals surface area (Å²) in [6.45, 7) is 4.23. The van der Waals surface area contributed by atoms with Gasteiger partial charge < -0.3 is 10.0 Å². The Morgan fingerprint density at radius 2 is 2.11 bits per heavy atom. The van der Waals surface area contributed by atoms with E-state index >= 15 is 0 Å². The summed E-state index contributed by atoms with van der Waals surface area (Å²) in [6, 6.07) is 5.10. The largest absolute Gasteiger partial charge is 0.481 e. The molecule has 102 valence electrons. The maximum absolute atomic E-state index is 12.4. The first-order valence-corrected chi connectivity index (χ1v) is 6.50. The minimum Gasteiger partial charge on any atom is -0.481 e. The van der Waals surface area contributed by atoms with E-state index in [1.807, 2.05) is 6.92 Å². The van der Waals surface area contributed by atoms with E-state index < -0.39 is 11.4 Å². The van der Waals surface area contributed by atoms with Gasteiger partial charge in [0.2, 0.25) is 0 Å². The molecule has 1 heterocycles. The lowest BCUT2D eigenvalue weighted by Gasteiger charge is -2.21. The van der Waals surface area contributed by atoms with E-state index in [1.54, 1.807) is 30.0 Å². The van der Waals surface area contributed by atoms with E-state index in [4.69, 9.17) is 11.6 Å². The zero-order valence-electron chi connectivity index (χ0n) is 10.9. The van der Waals surface area contributed by atoms with Crippen molar-refractivity contribution in [1.82, 2.24) is 4.90 Å². The minimum absolute atomic E-state index is 0.126. The van der Waals surface area contributed by atoms with Crippen LogP contribution in [0.4, 0.5) is 0 Å². The van der Waals surface area contributed by atoms with Crippen LogP contribution in [0.2, 0.25) is 5.02 Å². The van der Waals surface area contributed by atoms with Gasteiger partial charge in [0.15, 0.2) is 0 Å². The summed E-state index contributed by atoms with van der Waals surface area (Å²) < 4.78 is 0. The fourth-order valence-corrected chi connectivity index (χ4v) is 2.57. The van der Waals surface area contributed by atoms with E-state index in [1.165, 1.54) is 0 Å². The molecule has 1 aromatic carbocycles. The number of aryl methyl sites for hydroxylation is 1. The number of amides is 1. The van der Waals surface area contributed by atoms with Crippen LogP contribution in [-0.4, -0.2) is 35.0 Å². The van der Waals surface area contributed by atoms with Crippen LogP contribution in [0.1, 0.15) is 29.3 Å². The van der Waals surface area contributed by atoms with Crippen molar-refractivity contribution in [3.63, 3.8) is 0 Å². The fourth-order valence-electron chi connectivity index (χ4n) is 2.35. The lowest BCUT2D eigenvalue weighted by atomic mass is 9.90. The van der Waals surface area contributed by atoms with Gasteiger partial charge in [-0.05, 0) is 44.0 Å². The zero-order valence-corrected chi connectivity index (χ0v) is 11.7. The van der Waals surface area contributed by atoms with E-state index in [0.717, 1.165) is 5.56 Å². The molecule has 19 heavy (non-hydrogen) atoms. The fraction of sp³-hybridized carbons (Fsp3) is 0.429. The van der Waals surface area contributed by atoms with Gasteiger partial charge in [-0.25, -0.2) is 0 Å². The van der Waals surface area contributed by atoms with Crippen molar-refractivity contribution in [2.75, 3.05) is 13.1 Å². The summed E-state index contributed by atoms with van der Waals surface area (Å²) in [7, 11) is 0. The molecule has 0 aromatic heterocycles. The third kappa shape index (κ3) is 2.59. The first-order valence-electron chi connectivity index (χ1n) is 6.12. The van der Waals surface area contributed by atoms with Gasteiger partial charge in [-0.15, -0.1) is 0 Å². The molecule has 1 atom stereocenters. The molecular formula is C14H16ClNO3. The number of benzene rings is 1. The van der Waals surface area contributed by atoms with Gasteiger partial charge >= 0.3 is 5.97 Å². The lowest BCUT2D eigenvalue weighted by Crippen LogP contribution is -2.35. The van der Waals surface area contributed by atoms with Crippen LogP contribution in [0.3, 0.4) is 0 Å². The number of carboxylic acids is 1. The highest BCUT2D eigenvalue weighted by Gasteiger charge is 2.42. The van der Waals surface area contributed by atoms with Gasteiger partial charge in [0.05, 0.1) is 5.41 Å². The van der Waals surface area contributed by atoms with Crippen LogP contribution in [0.15, 0.2) is 18.2 Å². The van der Waals surface area contributed by atoms with Gasteiger partial charge in [-0.2, -0.15) is 0 Å². The van der Waals surface area contributed by atoms with Crippen LogP contribution in [0.5, 0.6) is 0 Å². The number of hydrogen-bond donors (Lipinski definition) is 1. The molecular weight excluding hydrogens is 266 g/mol. The van der Waals surface area contributed by atoms with Crippen LogP contribution in [-0.2, 0) is 4.79 Å². The van der Waals surface area contributed by atoms with Crippen molar-refractivity contribution in [1.29, 1.82) is 0 Å². The van der Waals surface area contributed by atoms with Crippen LogP contribution >= 0.6 is 11.6 Å². The maximum atomic E-state index is 12.4. The molecule has 1 aromatic rings. The number of carbonyl (C=O) groups excluding carboxylic acids is 1. The molecule has 0 spiro atoms. The van der Waals surface area contributed by atoms with Crippen molar-refractivity contribution in [3.05, 3.63) is 34.3 Å². The van der Waals surface area contributed by atoms with Crippen LogP contribution in [0, 0.1) is 12.3 Å². The monoisotopic (exact) mass is 281 g/mol. The normalized spacial score (nSPS) is 22.6. The Morgan fingerprint density at radius 1 is 1.42 bits per heavy atom. The van der Waals surface area contributed by atoms with E-state index in [2.05, 4.69) is 0 Å². The number of nitrogens with zero attached hydrogens (tertiary/aromatic N) is 1. The van der Waals surface area contributed by atoms with E-state index in [0.29, 0.717) is 23.6 Å². The number of carbonyl (C=O) groups is 2. The Kier molecular flexibility index (Phi) is 3.54. The molecule has 2 rings (SSSR count). The summed E-state index contributed by atoms with van der Waals surface area (Å²) in [4.78, 5) is 25.2. The second-order valence-corrected chi connectivity index (χ2v) is 5.74. The maximum Gasteiger partial charge on any atom is 0.311 e. The number of hydrogen-bond acceptors (Lipinski definition) is 2. The third-order valence-electron chi connectivity index (χ3n) is 3.70. The number of rotatable bonds is 2. The molecule has 0 bridgehead atoms. The lowest BCUT2D eigenvalue weighted by molar-refractivity contribution is -0.147. The summed E-state index contributed by atoms with van der Waals surface area (Å²) in [5, 5.41) is 9.77. The van der Waals surface area contributed by atoms with Crippen molar-refractivity contribution in [2.45, 2.75) is 20.3 Å². The van der Waals surface area contributed by atoms with Gasteiger partial charge in [-0.1, -0.05) is 11.6 Å². The molecule has 0 aliphatic carbocycles. The van der Waals surface area contributed by atoms with Gasteiger partial charge in [0, 0.05) is 23.7 Å². The average molecular weight is 282 g/mol. The standard InChI is InChI=1S/C14H16ClNO3/c1-9-7-10(15)3-4-11(9)12(17)16-6-5-14(2,8-16)13(18)19/h3-4,7H,5-6,8H2,1-2H3,(H,18,19). The molecule has 5 heteroatoms. The Balaban J connectivity index is 2.20. The average Bonchev–Trinajstić information content (AvgIpc) is 2.73. The topological polar surface area (TPSA) is 57.6 Å². The zero-order chi connectivity index (χ0) is 14.2. The number of halogens is 1. The molecule has 1 aliphatic rings. The molecule has 1 aliphatic heterocycles. The second kappa shape index (κ2) is 4.85. The predicted molar refractivity (Wildman–Crippen MR) is 72.5 cm³/mol. The van der Waals surface area contributed by atoms with E-state index in [9.17, 15) is 14.7 Å². The highest BCUT2D eigenvalue weighted by Crippen LogP contribution is 2.31. The Hall–Kier alpha value is -1.55. The summed E-state index contributed by atoms with van der Waals surface area (Å²) >= 11 is 5.87.